The number of hydrogen-bond acceptors (Lipinski definition) is 0. The van der Waals surface area contributed by atoms with E-state index in [4.69, 9.17) is 0 Å². The van der Waals surface area contributed by atoms with Gasteiger partial charge >= 0.3 is 0 Å². The summed E-state index contributed by atoms with van der Waals surface area (Å²) < 4.78 is 2.57. The number of hydrogen-bond donors (Lipinski definition) is 0. The van der Waals surface area contributed by atoms with Crippen molar-refractivity contribution in [2.45, 2.75) is 19.3 Å². The highest BCUT2D eigenvalue weighted by Gasteiger charge is 2.39. The average Bonchev–Trinajstić information content (AvgIpc) is 3.79. The maximum absolute atomic E-state index is 2.57. The fourth-order valence-corrected chi connectivity index (χ4v) is 10.2. The van der Waals surface area contributed by atoms with Gasteiger partial charge in [-0.05, 0) is 89.3 Å². The van der Waals surface area contributed by atoms with Gasteiger partial charge in [0, 0.05) is 27.0 Å². The molecular weight excluding hydrogens is 627 g/mol. The summed E-state index contributed by atoms with van der Waals surface area (Å²) in [5, 5.41) is 10.5. The quantitative estimate of drug-likeness (QED) is 0.174. The lowest BCUT2D eigenvalue weighted by molar-refractivity contribution is 0.666. The van der Waals surface area contributed by atoms with E-state index < -0.39 is 0 Å². The molecule has 9 aromatic carbocycles. The summed E-state index contributed by atoms with van der Waals surface area (Å²) in [5.74, 6) is 0. The molecule has 1 heteroatoms. The first-order chi connectivity index (χ1) is 25.6. The molecule has 0 aliphatic heterocycles. The largest absolute Gasteiger partial charge is 0.308 e. The molecule has 242 valence electrons. The zero-order chi connectivity index (χ0) is 34.3. The molecule has 0 unspecified atom stereocenters. The van der Waals surface area contributed by atoms with Crippen LogP contribution in [-0.4, -0.2) is 4.57 Å². The summed E-state index contributed by atoms with van der Waals surface area (Å²) in [6, 6.07) is 61.3. The Balaban J connectivity index is 1.20. The number of nitrogens with zero attached hydrogens (tertiary/aromatic N) is 1. The molecule has 0 bridgehead atoms. The zero-order valence-electron chi connectivity index (χ0n) is 29.0. The highest BCUT2D eigenvalue weighted by atomic mass is 15.0. The minimum absolute atomic E-state index is 0.113. The van der Waals surface area contributed by atoms with Gasteiger partial charge in [-0.1, -0.05) is 166 Å². The van der Waals surface area contributed by atoms with Crippen LogP contribution in [0.25, 0.3) is 104 Å². The molecule has 2 aliphatic carbocycles. The summed E-state index contributed by atoms with van der Waals surface area (Å²) >= 11 is 0. The Kier molecular flexibility index (Phi) is 5.37. The highest BCUT2D eigenvalue weighted by Crippen LogP contribution is 2.57. The van der Waals surface area contributed by atoms with Crippen LogP contribution in [-0.2, 0) is 5.41 Å². The minimum Gasteiger partial charge on any atom is -0.308 e. The maximum Gasteiger partial charge on any atom is 0.0626 e. The van der Waals surface area contributed by atoms with Crippen LogP contribution >= 0.6 is 0 Å². The molecule has 2 aliphatic rings. The second-order valence-corrected chi connectivity index (χ2v) is 15.2. The van der Waals surface area contributed by atoms with E-state index in [0.717, 1.165) is 0 Å². The molecule has 10 aromatic rings. The lowest BCUT2D eigenvalue weighted by Gasteiger charge is -2.24. The molecule has 0 radical (unpaired) electrons. The van der Waals surface area contributed by atoms with E-state index in [1.54, 1.807) is 0 Å². The number of rotatable bonds is 2. The summed E-state index contributed by atoms with van der Waals surface area (Å²) in [4.78, 5) is 0. The van der Waals surface area contributed by atoms with Crippen molar-refractivity contribution in [3.8, 4) is 50.2 Å². The van der Waals surface area contributed by atoms with Crippen molar-refractivity contribution in [3.05, 3.63) is 175 Å². The van der Waals surface area contributed by atoms with Gasteiger partial charge in [0.1, 0.15) is 0 Å². The van der Waals surface area contributed by atoms with Gasteiger partial charge in [-0.2, -0.15) is 0 Å². The first-order valence-electron chi connectivity index (χ1n) is 18.4. The van der Waals surface area contributed by atoms with Gasteiger partial charge < -0.3 is 4.57 Å². The second-order valence-electron chi connectivity index (χ2n) is 15.2. The van der Waals surface area contributed by atoms with Crippen LogP contribution in [0.3, 0.4) is 0 Å². The maximum atomic E-state index is 2.57. The monoisotopic (exact) mass is 659 g/mol. The van der Waals surface area contributed by atoms with Gasteiger partial charge in [0.25, 0.3) is 0 Å². The lowest BCUT2D eigenvalue weighted by atomic mass is 9.79. The van der Waals surface area contributed by atoms with Crippen LogP contribution in [0.1, 0.15) is 25.0 Å². The summed E-state index contributed by atoms with van der Waals surface area (Å²) in [6.07, 6.45) is 0. The summed E-state index contributed by atoms with van der Waals surface area (Å²) in [6.45, 7) is 4.81. The van der Waals surface area contributed by atoms with Crippen LogP contribution in [0.4, 0.5) is 0 Å². The molecular formula is C51H33N. The Morgan fingerprint density at radius 1 is 0.365 bits per heavy atom. The second kappa shape index (κ2) is 9.87. The number of aromatic nitrogens is 1. The minimum atomic E-state index is -0.113. The van der Waals surface area contributed by atoms with Crippen LogP contribution in [0.15, 0.2) is 164 Å². The van der Waals surface area contributed by atoms with Crippen LogP contribution in [0, 0.1) is 0 Å². The Morgan fingerprint density at radius 2 is 0.904 bits per heavy atom. The van der Waals surface area contributed by atoms with Crippen molar-refractivity contribution in [1.82, 2.24) is 4.57 Å². The molecule has 12 rings (SSSR count). The van der Waals surface area contributed by atoms with Crippen molar-refractivity contribution in [3.63, 3.8) is 0 Å². The van der Waals surface area contributed by atoms with Crippen molar-refractivity contribution >= 4 is 54.1 Å². The normalized spacial score (nSPS) is 13.7. The van der Waals surface area contributed by atoms with E-state index in [9.17, 15) is 0 Å². The number of fused-ring (bicyclic) bond motifs is 14. The van der Waals surface area contributed by atoms with Crippen molar-refractivity contribution in [2.75, 3.05) is 0 Å². The molecule has 0 atom stereocenters. The van der Waals surface area contributed by atoms with Gasteiger partial charge in [0.2, 0.25) is 0 Å². The molecule has 1 aromatic heterocycles. The molecule has 0 spiro atoms. The summed E-state index contributed by atoms with van der Waals surface area (Å²) in [5.41, 5.74) is 17.1. The Morgan fingerprint density at radius 3 is 1.71 bits per heavy atom. The summed E-state index contributed by atoms with van der Waals surface area (Å²) in [7, 11) is 0. The van der Waals surface area contributed by atoms with Crippen LogP contribution in [0.5, 0.6) is 0 Å². The molecule has 0 saturated heterocycles. The first-order valence-corrected chi connectivity index (χ1v) is 18.4. The Bertz CT molecular complexity index is 3180. The number of benzene rings is 9. The molecule has 0 saturated carbocycles. The standard InChI is InChI=1S/C51H33N/c1-51(2)43-24-11-9-20-41(43)47-48-42-21-10-12-25-44(42)52(50(48)40-19-8-7-18-39(40)49(47)51)45-29-28-33(30-14-5-6-17-35(30)45)34-26-27-38-32-16-4-3-15-31(32)36-22-13-23-37(34)46(36)38/h3-29H,1-2H3. The fourth-order valence-electron chi connectivity index (χ4n) is 10.2. The van der Waals surface area contributed by atoms with Gasteiger partial charge in [-0.15, -0.1) is 0 Å². The number of para-hydroxylation sites is 1. The third kappa shape index (κ3) is 3.39. The Labute approximate surface area is 302 Å². The average molecular weight is 660 g/mol. The Hall–Kier alpha value is -6.44. The molecule has 1 nitrogen and oxygen atoms in total. The van der Waals surface area contributed by atoms with Crippen LogP contribution in [0.2, 0.25) is 0 Å². The highest BCUT2D eigenvalue weighted by molar-refractivity contribution is 6.27. The van der Waals surface area contributed by atoms with E-state index in [1.807, 2.05) is 0 Å². The molecule has 52 heavy (non-hydrogen) atoms. The van der Waals surface area contributed by atoms with Gasteiger partial charge in [0.15, 0.2) is 0 Å². The molecule has 0 fully saturated rings. The van der Waals surface area contributed by atoms with E-state index in [-0.39, 0.29) is 5.41 Å². The van der Waals surface area contributed by atoms with E-state index in [2.05, 4.69) is 182 Å². The van der Waals surface area contributed by atoms with Gasteiger partial charge in [0.05, 0.1) is 16.7 Å². The molecule has 0 amide bonds. The van der Waals surface area contributed by atoms with E-state index >= 15 is 0 Å². The molecule has 1 heterocycles. The third-order valence-electron chi connectivity index (χ3n) is 12.3. The lowest BCUT2D eigenvalue weighted by Crippen LogP contribution is -2.15. The first kappa shape index (κ1) is 28.3. The predicted molar refractivity (Wildman–Crippen MR) is 221 cm³/mol. The van der Waals surface area contributed by atoms with E-state index in [0.29, 0.717) is 0 Å². The third-order valence-corrected chi connectivity index (χ3v) is 12.3. The van der Waals surface area contributed by atoms with Gasteiger partial charge in [-0.25, -0.2) is 0 Å². The van der Waals surface area contributed by atoms with Crippen molar-refractivity contribution < 1.29 is 0 Å². The fraction of sp³-hybridized carbons (Fsp3) is 0.0588. The topological polar surface area (TPSA) is 4.93 Å². The SMILES string of the molecule is CC1(C)c2ccccc2-c2c1c1ccccc1c1c2c2ccccc2n1-c1ccc(-c2ccc3c4c(cccc24)-c2ccccc2-3)c2ccccc12. The smallest absolute Gasteiger partial charge is 0.0626 e. The van der Waals surface area contributed by atoms with Gasteiger partial charge in [-0.3, -0.25) is 0 Å². The van der Waals surface area contributed by atoms with Crippen LogP contribution < -0.4 is 0 Å². The van der Waals surface area contributed by atoms with E-state index in [1.165, 1.54) is 115 Å². The van der Waals surface area contributed by atoms with Crippen molar-refractivity contribution in [2.24, 2.45) is 0 Å². The predicted octanol–water partition coefficient (Wildman–Crippen LogP) is 13.9. The zero-order valence-corrected chi connectivity index (χ0v) is 29.0. The molecule has 0 N–H and O–H groups in total. The van der Waals surface area contributed by atoms with Crippen molar-refractivity contribution in [1.29, 1.82) is 0 Å².